The van der Waals surface area contributed by atoms with Crippen molar-refractivity contribution in [2.75, 3.05) is 0 Å². The fourth-order valence-electron chi connectivity index (χ4n) is 2.62. The molecule has 1 unspecified atom stereocenters. The summed E-state index contributed by atoms with van der Waals surface area (Å²) in [6.07, 6.45) is 12.1. The molecule has 0 fully saturated rings. The van der Waals surface area contributed by atoms with Gasteiger partial charge in [-0.15, -0.1) is 0 Å². The highest BCUT2D eigenvalue weighted by atomic mass is 79.9. The van der Waals surface area contributed by atoms with Gasteiger partial charge in [0.25, 0.3) is 0 Å². The molecule has 0 aliphatic heterocycles. The molecule has 0 amide bonds. The second-order valence-corrected chi connectivity index (χ2v) is 6.88. The molecule has 122 valence electrons. The number of benzene rings is 1. The Kier molecular flexibility index (Phi) is 12.3. The van der Waals surface area contributed by atoms with Crippen LogP contribution in [0.3, 0.4) is 0 Å². The minimum absolute atomic E-state index is 0. The summed E-state index contributed by atoms with van der Waals surface area (Å²) in [5, 5.41) is 9.44. The Balaban J connectivity index is 0.00000400. The fourth-order valence-corrected chi connectivity index (χ4v) is 3.46. The van der Waals surface area contributed by atoms with Crippen molar-refractivity contribution in [2.24, 2.45) is 0 Å². The highest BCUT2D eigenvalue weighted by Gasteiger charge is 2.10. The number of phenolic OH excluding ortho intramolecular Hbond substituents is 1. The average Bonchev–Trinajstić information content (AvgIpc) is 2.41. The standard InChI is InChI=1S/C18H29BrO.H2S/c1-3-4-5-6-7-8-9-10-11-18(19)17-13-12-16(20)14-15(17)2;/h12-14,18,20H,3-11H2,1-2H3;1H2. The van der Waals surface area contributed by atoms with Crippen LogP contribution in [0.25, 0.3) is 0 Å². The fraction of sp³-hybridized carbons (Fsp3) is 0.667. The highest BCUT2D eigenvalue weighted by Crippen LogP contribution is 2.32. The number of aromatic hydroxyl groups is 1. The van der Waals surface area contributed by atoms with Gasteiger partial charge in [0.2, 0.25) is 0 Å². The number of aryl methyl sites for hydroxylation is 1. The predicted molar refractivity (Wildman–Crippen MR) is 102 cm³/mol. The quantitative estimate of drug-likeness (QED) is 0.353. The zero-order valence-corrected chi connectivity index (χ0v) is 16.1. The number of hydrogen-bond donors (Lipinski definition) is 1. The second kappa shape index (κ2) is 12.4. The van der Waals surface area contributed by atoms with Gasteiger partial charge in [-0.25, -0.2) is 0 Å². The number of unbranched alkanes of at least 4 members (excludes halogenated alkanes) is 7. The molecule has 1 nitrogen and oxygen atoms in total. The third-order valence-electron chi connectivity index (χ3n) is 3.90. The SMILES string of the molecule is CCCCCCCCCCC(Br)c1ccc(O)cc1C.S. The molecule has 0 radical (unpaired) electrons. The van der Waals surface area contributed by atoms with Crippen molar-refractivity contribution in [2.45, 2.75) is 76.5 Å². The van der Waals surface area contributed by atoms with Gasteiger partial charge in [-0.05, 0) is 36.6 Å². The van der Waals surface area contributed by atoms with Crippen molar-refractivity contribution in [3.63, 3.8) is 0 Å². The van der Waals surface area contributed by atoms with E-state index in [0.717, 1.165) is 0 Å². The Labute approximate surface area is 146 Å². The lowest BCUT2D eigenvalue weighted by Gasteiger charge is -2.13. The minimum atomic E-state index is 0. The molecule has 0 heterocycles. The molecule has 1 N–H and O–H groups in total. The van der Waals surface area contributed by atoms with Crippen molar-refractivity contribution in [3.8, 4) is 5.75 Å². The smallest absolute Gasteiger partial charge is 0.115 e. The van der Waals surface area contributed by atoms with Crippen LogP contribution in [-0.4, -0.2) is 5.11 Å². The molecular weight excluding hydrogens is 344 g/mol. The normalized spacial score (nSPS) is 12.0. The summed E-state index contributed by atoms with van der Waals surface area (Å²) < 4.78 is 0. The first-order chi connectivity index (χ1) is 9.65. The van der Waals surface area contributed by atoms with Crippen LogP contribution in [0.2, 0.25) is 0 Å². The molecular formula is C18H31BrOS. The molecule has 0 saturated heterocycles. The van der Waals surface area contributed by atoms with E-state index in [9.17, 15) is 5.11 Å². The van der Waals surface area contributed by atoms with Gasteiger partial charge < -0.3 is 5.11 Å². The van der Waals surface area contributed by atoms with Crippen molar-refractivity contribution >= 4 is 29.4 Å². The van der Waals surface area contributed by atoms with E-state index >= 15 is 0 Å². The largest absolute Gasteiger partial charge is 0.508 e. The molecule has 1 rings (SSSR count). The summed E-state index contributed by atoms with van der Waals surface area (Å²) in [6, 6.07) is 5.66. The first kappa shape index (κ1) is 20.9. The predicted octanol–water partition coefficient (Wildman–Crippen LogP) is 6.78. The molecule has 21 heavy (non-hydrogen) atoms. The van der Waals surface area contributed by atoms with E-state index in [0.29, 0.717) is 10.6 Å². The Hall–Kier alpha value is -0.150. The molecule has 1 aromatic rings. The lowest BCUT2D eigenvalue weighted by atomic mass is 10.0. The number of alkyl halides is 1. The van der Waals surface area contributed by atoms with Crippen LogP contribution in [0.1, 0.15) is 80.7 Å². The van der Waals surface area contributed by atoms with Crippen molar-refractivity contribution in [1.29, 1.82) is 0 Å². The molecule has 1 atom stereocenters. The van der Waals surface area contributed by atoms with E-state index < -0.39 is 0 Å². The number of halogens is 1. The van der Waals surface area contributed by atoms with Gasteiger partial charge in [0, 0.05) is 4.83 Å². The van der Waals surface area contributed by atoms with Crippen LogP contribution in [0.5, 0.6) is 5.75 Å². The molecule has 1 aromatic carbocycles. The van der Waals surface area contributed by atoms with Crippen molar-refractivity contribution in [1.82, 2.24) is 0 Å². The van der Waals surface area contributed by atoms with E-state index in [2.05, 4.69) is 29.8 Å². The van der Waals surface area contributed by atoms with Crippen LogP contribution < -0.4 is 0 Å². The number of phenols is 1. The minimum Gasteiger partial charge on any atom is -0.508 e. The van der Waals surface area contributed by atoms with Crippen LogP contribution in [0.15, 0.2) is 18.2 Å². The van der Waals surface area contributed by atoms with Gasteiger partial charge >= 0.3 is 0 Å². The maximum Gasteiger partial charge on any atom is 0.115 e. The molecule has 3 heteroatoms. The maximum atomic E-state index is 9.44. The summed E-state index contributed by atoms with van der Waals surface area (Å²) in [5.74, 6) is 0.359. The summed E-state index contributed by atoms with van der Waals surface area (Å²) in [4.78, 5) is 0.420. The topological polar surface area (TPSA) is 20.2 Å². The summed E-state index contributed by atoms with van der Waals surface area (Å²) in [6.45, 7) is 4.33. The lowest BCUT2D eigenvalue weighted by molar-refractivity contribution is 0.474. The Morgan fingerprint density at radius 3 is 2.14 bits per heavy atom. The first-order valence-corrected chi connectivity index (χ1v) is 9.00. The monoisotopic (exact) mass is 374 g/mol. The molecule has 0 aliphatic carbocycles. The van der Waals surface area contributed by atoms with Crippen LogP contribution in [-0.2, 0) is 0 Å². The van der Waals surface area contributed by atoms with Gasteiger partial charge in [-0.2, -0.15) is 13.5 Å². The number of rotatable bonds is 10. The van der Waals surface area contributed by atoms with Gasteiger partial charge in [0.1, 0.15) is 5.75 Å². The Morgan fingerprint density at radius 1 is 1.00 bits per heavy atom. The second-order valence-electron chi connectivity index (χ2n) is 5.77. The van der Waals surface area contributed by atoms with E-state index in [1.807, 2.05) is 12.1 Å². The average molecular weight is 375 g/mol. The third-order valence-corrected chi connectivity index (χ3v) is 4.85. The molecule has 0 spiro atoms. The first-order valence-electron chi connectivity index (χ1n) is 8.08. The van der Waals surface area contributed by atoms with Crippen LogP contribution >= 0.6 is 29.4 Å². The maximum absolute atomic E-state index is 9.44. The number of hydrogen-bond acceptors (Lipinski definition) is 1. The zero-order valence-electron chi connectivity index (χ0n) is 13.5. The van der Waals surface area contributed by atoms with Crippen molar-refractivity contribution in [3.05, 3.63) is 29.3 Å². The third kappa shape index (κ3) is 8.77. The van der Waals surface area contributed by atoms with Gasteiger partial charge in [0.15, 0.2) is 0 Å². The van der Waals surface area contributed by atoms with E-state index in [-0.39, 0.29) is 13.5 Å². The molecule has 0 bridgehead atoms. The van der Waals surface area contributed by atoms with Gasteiger partial charge in [-0.3, -0.25) is 0 Å². The summed E-state index contributed by atoms with van der Waals surface area (Å²) in [5.41, 5.74) is 2.48. The highest BCUT2D eigenvalue weighted by molar-refractivity contribution is 9.09. The van der Waals surface area contributed by atoms with Crippen LogP contribution in [0, 0.1) is 6.92 Å². The van der Waals surface area contributed by atoms with Crippen molar-refractivity contribution < 1.29 is 5.11 Å². The Bertz CT molecular complexity index is 381. The lowest BCUT2D eigenvalue weighted by Crippen LogP contribution is -1.94. The zero-order chi connectivity index (χ0) is 14.8. The van der Waals surface area contributed by atoms with E-state index in [1.165, 1.54) is 68.9 Å². The molecule has 0 saturated carbocycles. The Morgan fingerprint density at radius 2 is 1.57 bits per heavy atom. The van der Waals surface area contributed by atoms with Gasteiger partial charge in [-0.1, -0.05) is 80.3 Å². The van der Waals surface area contributed by atoms with Crippen LogP contribution in [0.4, 0.5) is 0 Å². The van der Waals surface area contributed by atoms with E-state index in [1.54, 1.807) is 6.07 Å². The van der Waals surface area contributed by atoms with E-state index in [4.69, 9.17) is 0 Å². The molecule has 0 aromatic heterocycles. The molecule has 0 aliphatic rings. The summed E-state index contributed by atoms with van der Waals surface area (Å²) >= 11 is 3.78. The summed E-state index contributed by atoms with van der Waals surface area (Å²) in [7, 11) is 0. The van der Waals surface area contributed by atoms with Gasteiger partial charge in [0.05, 0.1) is 0 Å².